The van der Waals surface area contributed by atoms with Crippen LogP contribution in [0.2, 0.25) is 5.02 Å². The van der Waals surface area contributed by atoms with E-state index in [1.807, 2.05) is 0 Å². The number of rotatable bonds is 6. The van der Waals surface area contributed by atoms with E-state index in [4.69, 9.17) is 16.3 Å². The van der Waals surface area contributed by atoms with Crippen LogP contribution in [0.25, 0.3) is 0 Å². The molecule has 0 bridgehead atoms. The van der Waals surface area contributed by atoms with E-state index in [9.17, 15) is 12.8 Å². The van der Waals surface area contributed by atoms with Crippen molar-refractivity contribution in [1.29, 1.82) is 0 Å². The van der Waals surface area contributed by atoms with E-state index in [0.29, 0.717) is 36.3 Å². The number of benzene rings is 1. The molecule has 3 rings (SSSR count). The Morgan fingerprint density at radius 3 is 2.35 bits per heavy atom. The molecule has 1 N–H and O–H groups in total. The maximum Gasteiger partial charge on any atom is 0.316 e. The molecule has 1 aromatic heterocycles. The van der Waals surface area contributed by atoms with E-state index in [2.05, 4.69) is 14.7 Å². The molecule has 0 aliphatic heterocycles. The second-order valence-corrected chi connectivity index (χ2v) is 8.47. The first-order chi connectivity index (χ1) is 12.4. The molecule has 0 spiro atoms. The fourth-order valence-electron chi connectivity index (χ4n) is 2.90. The minimum absolute atomic E-state index is 0.0793. The SMILES string of the molecule is O=S(=O)(Cc1ccc(Cl)cc1)NC1CCC(Oc2ncc(F)cn2)CC1. The summed E-state index contributed by atoms with van der Waals surface area (Å²) in [7, 11) is -3.43. The highest BCUT2D eigenvalue weighted by molar-refractivity contribution is 7.88. The third-order valence-electron chi connectivity index (χ3n) is 4.16. The minimum atomic E-state index is -3.43. The van der Waals surface area contributed by atoms with Gasteiger partial charge in [-0.1, -0.05) is 23.7 Å². The van der Waals surface area contributed by atoms with Gasteiger partial charge >= 0.3 is 6.01 Å². The molecule has 1 aliphatic rings. The molecule has 9 heteroatoms. The van der Waals surface area contributed by atoms with Crippen LogP contribution >= 0.6 is 11.6 Å². The topological polar surface area (TPSA) is 81.2 Å². The molecular formula is C17H19ClFN3O3S. The van der Waals surface area contributed by atoms with Gasteiger partial charge in [-0.3, -0.25) is 0 Å². The van der Waals surface area contributed by atoms with Gasteiger partial charge in [-0.2, -0.15) is 0 Å². The summed E-state index contributed by atoms with van der Waals surface area (Å²) in [5, 5.41) is 0.572. The molecular weight excluding hydrogens is 381 g/mol. The van der Waals surface area contributed by atoms with E-state index in [0.717, 1.165) is 12.4 Å². The third kappa shape index (κ3) is 5.62. The average molecular weight is 400 g/mol. The Labute approximate surface area is 156 Å². The second kappa shape index (κ2) is 8.28. The Kier molecular flexibility index (Phi) is 6.05. The van der Waals surface area contributed by atoms with Gasteiger partial charge in [0.25, 0.3) is 0 Å². The van der Waals surface area contributed by atoms with E-state index < -0.39 is 15.8 Å². The van der Waals surface area contributed by atoms with Gasteiger partial charge in [0.05, 0.1) is 18.1 Å². The fraction of sp³-hybridized carbons (Fsp3) is 0.412. The minimum Gasteiger partial charge on any atom is -0.460 e. The highest BCUT2D eigenvalue weighted by atomic mass is 35.5. The summed E-state index contributed by atoms with van der Waals surface area (Å²) in [4.78, 5) is 7.55. The van der Waals surface area contributed by atoms with Crippen LogP contribution in [-0.4, -0.2) is 30.5 Å². The van der Waals surface area contributed by atoms with Gasteiger partial charge in [-0.05, 0) is 43.4 Å². The largest absolute Gasteiger partial charge is 0.460 e. The molecule has 1 fully saturated rings. The van der Waals surface area contributed by atoms with Crippen LogP contribution in [0.3, 0.4) is 0 Å². The molecule has 1 heterocycles. The molecule has 1 aromatic carbocycles. The normalized spacial score (nSPS) is 20.7. The fourth-order valence-corrected chi connectivity index (χ4v) is 4.49. The van der Waals surface area contributed by atoms with Crippen LogP contribution in [0.5, 0.6) is 6.01 Å². The molecule has 2 aromatic rings. The number of hydrogen-bond acceptors (Lipinski definition) is 5. The first kappa shape index (κ1) is 19.0. The molecule has 1 aliphatic carbocycles. The van der Waals surface area contributed by atoms with Crippen LogP contribution < -0.4 is 9.46 Å². The number of aromatic nitrogens is 2. The van der Waals surface area contributed by atoms with Crippen molar-refractivity contribution in [3.8, 4) is 6.01 Å². The summed E-state index contributed by atoms with van der Waals surface area (Å²) < 4.78 is 45.8. The smallest absolute Gasteiger partial charge is 0.316 e. The number of hydrogen-bond donors (Lipinski definition) is 1. The monoisotopic (exact) mass is 399 g/mol. The maximum absolute atomic E-state index is 12.8. The summed E-state index contributed by atoms with van der Waals surface area (Å²) in [5.41, 5.74) is 0.687. The lowest BCUT2D eigenvalue weighted by Gasteiger charge is -2.28. The summed E-state index contributed by atoms with van der Waals surface area (Å²) in [6, 6.07) is 6.77. The average Bonchev–Trinajstić information content (AvgIpc) is 2.60. The summed E-state index contributed by atoms with van der Waals surface area (Å²) in [6.45, 7) is 0. The van der Waals surface area contributed by atoms with Gasteiger partial charge in [0.2, 0.25) is 10.0 Å². The summed E-state index contributed by atoms with van der Waals surface area (Å²) >= 11 is 5.81. The van der Waals surface area contributed by atoms with Gasteiger partial charge in [0, 0.05) is 11.1 Å². The lowest BCUT2D eigenvalue weighted by atomic mass is 9.94. The molecule has 0 saturated heterocycles. The van der Waals surface area contributed by atoms with Crippen LogP contribution in [0.4, 0.5) is 4.39 Å². The van der Waals surface area contributed by atoms with Gasteiger partial charge in [0.1, 0.15) is 6.10 Å². The number of ether oxygens (including phenoxy) is 1. The predicted octanol–water partition coefficient (Wildman–Crippen LogP) is 3.08. The van der Waals surface area contributed by atoms with E-state index in [1.165, 1.54) is 0 Å². The zero-order valence-electron chi connectivity index (χ0n) is 13.9. The van der Waals surface area contributed by atoms with Crippen LogP contribution in [-0.2, 0) is 15.8 Å². The van der Waals surface area contributed by atoms with E-state index in [-0.39, 0.29) is 23.9 Å². The van der Waals surface area contributed by atoms with E-state index in [1.54, 1.807) is 24.3 Å². The van der Waals surface area contributed by atoms with Crippen molar-refractivity contribution in [1.82, 2.24) is 14.7 Å². The zero-order valence-corrected chi connectivity index (χ0v) is 15.5. The Morgan fingerprint density at radius 1 is 1.12 bits per heavy atom. The van der Waals surface area contributed by atoms with Crippen molar-refractivity contribution < 1.29 is 17.5 Å². The zero-order chi connectivity index (χ0) is 18.6. The first-order valence-electron chi connectivity index (χ1n) is 8.28. The molecule has 6 nitrogen and oxygen atoms in total. The number of nitrogens with one attached hydrogen (secondary N) is 1. The molecule has 0 radical (unpaired) electrons. The third-order valence-corrected chi connectivity index (χ3v) is 5.82. The standard InChI is InChI=1S/C17H19ClFN3O3S/c18-13-3-1-12(2-4-13)11-26(23,24)22-15-5-7-16(8-6-15)25-17-20-9-14(19)10-21-17/h1-4,9-10,15-16,22H,5-8,11H2. The first-order valence-corrected chi connectivity index (χ1v) is 10.3. The lowest BCUT2D eigenvalue weighted by molar-refractivity contribution is 0.132. The number of halogens is 2. The predicted molar refractivity (Wildman–Crippen MR) is 95.9 cm³/mol. The number of nitrogens with zero attached hydrogens (tertiary/aromatic N) is 2. The van der Waals surface area contributed by atoms with Gasteiger partial charge in [0.15, 0.2) is 5.82 Å². The van der Waals surface area contributed by atoms with Crippen molar-refractivity contribution in [3.05, 3.63) is 53.1 Å². The van der Waals surface area contributed by atoms with Crippen LogP contribution in [0, 0.1) is 5.82 Å². The molecule has 140 valence electrons. The van der Waals surface area contributed by atoms with Crippen LogP contribution in [0.1, 0.15) is 31.2 Å². The Morgan fingerprint density at radius 2 is 1.73 bits per heavy atom. The molecule has 1 saturated carbocycles. The summed E-state index contributed by atoms with van der Waals surface area (Å²) in [6.07, 6.45) is 4.68. The molecule has 0 amide bonds. The van der Waals surface area contributed by atoms with Crippen LogP contribution in [0.15, 0.2) is 36.7 Å². The molecule has 0 atom stereocenters. The van der Waals surface area contributed by atoms with E-state index >= 15 is 0 Å². The highest BCUT2D eigenvalue weighted by Gasteiger charge is 2.26. The lowest BCUT2D eigenvalue weighted by Crippen LogP contribution is -2.40. The van der Waals surface area contributed by atoms with Crippen molar-refractivity contribution in [2.24, 2.45) is 0 Å². The summed E-state index contributed by atoms with van der Waals surface area (Å²) in [5.74, 6) is -0.597. The Balaban J connectivity index is 1.48. The van der Waals surface area contributed by atoms with Crippen molar-refractivity contribution >= 4 is 21.6 Å². The van der Waals surface area contributed by atoms with Gasteiger partial charge < -0.3 is 4.74 Å². The van der Waals surface area contributed by atoms with Gasteiger partial charge in [-0.15, -0.1) is 0 Å². The quantitative estimate of drug-likeness (QED) is 0.807. The molecule has 0 unspecified atom stereocenters. The highest BCUT2D eigenvalue weighted by Crippen LogP contribution is 2.23. The maximum atomic E-state index is 12.8. The van der Waals surface area contributed by atoms with Gasteiger partial charge in [-0.25, -0.2) is 27.5 Å². The van der Waals surface area contributed by atoms with Crippen molar-refractivity contribution in [2.75, 3.05) is 0 Å². The Hall–Kier alpha value is -1.77. The molecule has 26 heavy (non-hydrogen) atoms. The van der Waals surface area contributed by atoms with Crippen molar-refractivity contribution in [3.63, 3.8) is 0 Å². The number of sulfonamides is 1. The second-order valence-electron chi connectivity index (χ2n) is 6.28. The van der Waals surface area contributed by atoms with Crippen molar-refractivity contribution in [2.45, 2.75) is 43.6 Å². The Bertz CT molecular complexity index is 823.